The van der Waals surface area contributed by atoms with Gasteiger partial charge in [0.05, 0.1) is 5.02 Å². The van der Waals surface area contributed by atoms with Crippen molar-refractivity contribution in [2.75, 3.05) is 0 Å². The van der Waals surface area contributed by atoms with Gasteiger partial charge in [0.1, 0.15) is 5.52 Å². The zero-order chi connectivity index (χ0) is 8.55. The summed E-state index contributed by atoms with van der Waals surface area (Å²) in [5.74, 6) is 0. The molecule has 1 aromatic heterocycles. The van der Waals surface area contributed by atoms with Crippen LogP contribution in [0.5, 0.6) is 0 Å². The lowest BCUT2D eigenvalue weighted by molar-refractivity contribution is 0.112. The summed E-state index contributed by atoms with van der Waals surface area (Å²) in [6.07, 6.45) is 2.00. The summed E-state index contributed by atoms with van der Waals surface area (Å²) in [6, 6.07) is 3.17. The first-order valence-electron chi connectivity index (χ1n) is 3.29. The monoisotopic (exact) mass is 181 g/mol. The van der Waals surface area contributed by atoms with Crippen LogP contribution in [0.25, 0.3) is 11.1 Å². The van der Waals surface area contributed by atoms with E-state index in [0.717, 1.165) is 0 Å². The van der Waals surface area contributed by atoms with E-state index in [2.05, 4.69) is 4.98 Å². The highest BCUT2D eigenvalue weighted by Gasteiger charge is 2.04. The van der Waals surface area contributed by atoms with E-state index in [4.69, 9.17) is 16.0 Å². The average molecular weight is 182 g/mol. The van der Waals surface area contributed by atoms with Crippen LogP contribution in [0, 0.1) is 0 Å². The lowest BCUT2D eigenvalue weighted by Crippen LogP contribution is -1.80. The number of carbonyl (C=O) groups is 1. The van der Waals surface area contributed by atoms with Gasteiger partial charge in [-0.3, -0.25) is 4.79 Å². The molecule has 0 radical (unpaired) electrons. The van der Waals surface area contributed by atoms with Gasteiger partial charge in [0.25, 0.3) is 0 Å². The van der Waals surface area contributed by atoms with Crippen LogP contribution in [-0.2, 0) is 0 Å². The predicted octanol–water partition coefficient (Wildman–Crippen LogP) is 2.29. The van der Waals surface area contributed by atoms with E-state index in [9.17, 15) is 4.79 Å². The minimum Gasteiger partial charge on any atom is -0.443 e. The second-order valence-corrected chi connectivity index (χ2v) is 2.72. The lowest BCUT2D eigenvalue weighted by Gasteiger charge is -1.93. The summed E-state index contributed by atoms with van der Waals surface area (Å²) in [7, 11) is 0. The summed E-state index contributed by atoms with van der Waals surface area (Å²) in [5.41, 5.74) is 1.65. The van der Waals surface area contributed by atoms with Crippen LogP contribution in [0.3, 0.4) is 0 Å². The van der Waals surface area contributed by atoms with E-state index in [0.29, 0.717) is 28.0 Å². The molecule has 1 heterocycles. The molecule has 0 unspecified atom stereocenters. The molecular formula is C8H4ClNO2. The summed E-state index contributed by atoms with van der Waals surface area (Å²) in [6.45, 7) is 0. The van der Waals surface area contributed by atoms with Crippen molar-refractivity contribution in [1.29, 1.82) is 0 Å². The number of aromatic nitrogens is 1. The first-order chi connectivity index (χ1) is 5.81. The van der Waals surface area contributed by atoms with Gasteiger partial charge in [-0.15, -0.1) is 0 Å². The molecule has 0 atom stereocenters. The number of benzene rings is 1. The van der Waals surface area contributed by atoms with Crippen LogP contribution < -0.4 is 0 Å². The van der Waals surface area contributed by atoms with Gasteiger partial charge in [-0.25, -0.2) is 4.98 Å². The van der Waals surface area contributed by atoms with Gasteiger partial charge in [-0.05, 0) is 12.1 Å². The van der Waals surface area contributed by atoms with Gasteiger partial charge in [-0.2, -0.15) is 0 Å². The fourth-order valence-corrected chi connectivity index (χ4v) is 1.19. The molecule has 0 saturated carbocycles. The minimum absolute atomic E-state index is 0.395. The SMILES string of the molecule is O=Cc1cc2ocnc2cc1Cl. The molecule has 0 aliphatic heterocycles. The Bertz CT molecular complexity index is 436. The Morgan fingerprint density at radius 2 is 2.33 bits per heavy atom. The average Bonchev–Trinajstić information content (AvgIpc) is 2.49. The largest absolute Gasteiger partial charge is 0.443 e. The number of aldehydes is 1. The standard InChI is InChI=1S/C8H4ClNO2/c9-6-2-7-8(12-4-10-7)1-5(6)3-11/h1-4H. The zero-order valence-electron chi connectivity index (χ0n) is 5.95. The fraction of sp³-hybridized carbons (Fsp3) is 0. The molecule has 2 rings (SSSR count). The maximum absolute atomic E-state index is 10.4. The predicted molar refractivity (Wildman–Crippen MR) is 44.4 cm³/mol. The molecular weight excluding hydrogens is 178 g/mol. The molecule has 0 bridgehead atoms. The third-order valence-corrected chi connectivity index (χ3v) is 1.90. The smallest absolute Gasteiger partial charge is 0.181 e. The van der Waals surface area contributed by atoms with E-state index in [-0.39, 0.29) is 0 Å². The first kappa shape index (κ1) is 7.31. The van der Waals surface area contributed by atoms with Crippen molar-refractivity contribution >= 4 is 29.0 Å². The topological polar surface area (TPSA) is 43.1 Å². The Labute approximate surface area is 73.0 Å². The van der Waals surface area contributed by atoms with E-state index in [1.54, 1.807) is 12.1 Å². The molecule has 1 aromatic carbocycles. The Morgan fingerprint density at radius 3 is 3.08 bits per heavy atom. The fourth-order valence-electron chi connectivity index (χ4n) is 0.984. The van der Waals surface area contributed by atoms with Crippen LogP contribution in [0.15, 0.2) is 22.9 Å². The number of hydrogen-bond acceptors (Lipinski definition) is 3. The molecule has 0 fully saturated rings. The number of fused-ring (bicyclic) bond motifs is 1. The molecule has 12 heavy (non-hydrogen) atoms. The second-order valence-electron chi connectivity index (χ2n) is 2.31. The van der Waals surface area contributed by atoms with E-state index < -0.39 is 0 Å². The molecule has 0 aliphatic rings. The third-order valence-electron chi connectivity index (χ3n) is 1.58. The number of carbonyl (C=O) groups excluding carboxylic acids is 1. The number of rotatable bonds is 1. The Hall–Kier alpha value is -1.35. The second kappa shape index (κ2) is 2.60. The van der Waals surface area contributed by atoms with Gasteiger partial charge >= 0.3 is 0 Å². The van der Waals surface area contributed by atoms with E-state index >= 15 is 0 Å². The number of oxazole rings is 1. The van der Waals surface area contributed by atoms with E-state index in [1.165, 1.54) is 6.39 Å². The molecule has 4 heteroatoms. The van der Waals surface area contributed by atoms with Crippen molar-refractivity contribution in [2.45, 2.75) is 0 Å². The molecule has 0 N–H and O–H groups in total. The molecule has 60 valence electrons. The maximum atomic E-state index is 10.4. The van der Waals surface area contributed by atoms with Gasteiger partial charge in [0.2, 0.25) is 0 Å². The van der Waals surface area contributed by atoms with Crippen molar-refractivity contribution in [3.05, 3.63) is 29.1 Å². The van der Waals surface area contributed by atoms with Crippen molar-refractivity contribution in [2.24, 2.45) is 0 Å². The zero-order valence-corrected chi connectivity index (χ0v) is 6.71. The highest BCUT2D eigenvalue weighted by Crippen LogP contribution is 2.21. The third kappa shape index (κ3) is 0.987. The highest BCUT2D eigenvalue weighted by atomic mass is 35.5. The number of halogens is 1. The normalized spacial score (nSPS) is 10.4. The first-order valence-corrected chi connectivity index (χ1v) is 3.67. The summed E-state index contributed by atoms with van der Waals surface area (Å²) < 4.78 is 4.99. The lowest BCUT2D eigenvalue weighted by atomic mass is 10.2. The molecule has 3 nitrogen and oxygen atoms in total. The van der Waals surface area contributed by atoms with Crippen LogP contribution >= 0.6 is 11.6 Å². The van der Waals surface area contributed by atoms with E-state index in [1.807, 2.05) is 0 Å². The van der Waals surface area contributed by atoms with Crippen LogP contribution in [0.4, 0.5) is 0 Å². The minimum atomic E-state index is 0.395. The van der Waals surface area contributed by atoms with Crippen LogP contribution in [0.2, 0.25) is 5.02 Å². The highest BCUT2D eigenvalue weighted by molar-refractivity contribution is 6.33. The molecule has 0 spiro atoms. The number of nitrogens with zero attached hydrogens (tertiary/aromatic N) is 1. The number of hydrogen-bond donors (Lipinski definition) is 0. The molecule has 0 saturated heterocycles. The molecule has 0 aliphatic carbocycles. The van der Waals surface area contributed by atoms with Gasteiger partial charge in [0.15, 0.2) is 18.3 Å². The molecule has 0 amide bonds. The van der Waals surface area contributed by atoms with Gasteiger partial charge < -0.3 is 4.42 Å². The Kier molecular flexibility index (Phi) is 1.59. The van der Waals surface area contributed by atoms with Crippen molar-refractivity contribution in [3.8, 4) is 0 Å². The van der Waals surface area contributed by atoms with Crippen LogP contribution in [-0.4, -0.2) is 11.3 Å². The summed E-state index contributed by atoms with van der Waals surface area (Å²) in [5, 5.41) is 0.395. The summed E-state index contributed by atoms with van der Waals surface area (Å²) in [4.78, 5) is 14.3. The van der Waals surface area contributed by atoms with Crippen molar-refractivity contribution < 1.29 is 9.21 Å². The van der Waals surface area contributed by atoms with Gasteiger partial charge in [-0.1, -0.05) is 11.6 Å². The van der Waals surface area contributed by atoms with Gasteiger partial charge in [0, 0.05) is 5.56 Å². The quantitative estimate of drug-likeness (QED) is 0.634. The van der Waals surface area contributed by atoms with Crippen molar-refractivity contribution in [1.82, 2.24) is 4.98 Å². The maximum Gasteiger partial charge on any atom is 0.181 e. The van der Waals surface area contributed by atoms with Crippen LogP contribution in [0.1, 0.15) is 10.4 Å². The molecule has 2 aromatic rings. The summed E-state index contributed by atoms with van der Waals surface area (Å²) >= 11 is 5.75. The Balaban J connectivity index is 2.81. The Morgan fingerprint density at radius 1 is 1.50 bits per heavy atom. The van der Waals surface area contributed by atoms with Crippen molar-refractivity contribution in [3.63, 3.8) is 0 Å².